The molecular weight excluding hydrogens is 358 g/mol. The lowest BCUT2D eigenvalue weighted by Gasteiger charge is -2.34. The summed E-state index contributed by atoms with van der Waals surface area (Å²) in [5.74, 6) is 0. The molecule has 3 aromatic rings. The Labute approximate surface area is 169 Å². The van der Waals surface area contributed by atoms with Gasteiger partial charge in [0.2, 0.25) is 0 Å². The summed E-state index contributed by atoms with van der Waals surface area (Å²) in [5, 5.41) is 9.60. The van der Waals surface area contributed by atoms with E-state index in [-0.39, 0.29) is 0 Å². The Morgan fingerprint density at radius 3 is 2.24 bits per heavy atom. The van der Waals surface area contributed by atoms with Gasteiger partial charge in [-0.25, -0.2) is 0 Å². The molecule has 1 aliphatic rings. The van der Waals surface area contributed by atoms with Crippen LogP contribution in [0.1, 0.15) is 16.7 Å². The molecule has 1 heterocycles. The Kier molecular flexibility index (Phi) is 4.96. The first-order valence-corrected chi connectivity index (χ1v) is 9.29. The van der Waals surface area contributed by atoms with Crippen LogP contribution in [0.15, 0.2) is 91.1 Å². The van der Waals surface area contributed by atoms with Crippen LogP contribution in [-0.2, 0) is 4.79 Å². The average Bonchev–Trinajstić information content (AvgIpc) is 2.79. The van der Waals surface area contributed by atoms with Gasteiger partial charge < -0.3 is 15.4 Å². The molecule has 140 valence electrons. The third kappa shape index (κ3) is 3.42. The van der Waals surface area contributed by atoms with E-state index in [1.807, 2.05) is 90.0 Å². The molecule has 0 aliphatic carbocycles. The Balaban J connectivity index is 1.95. The van der Waals surface area contributed by atoms with Crippen molar-refractivity contribution in [2.75, 3.05) is 10.6 Å². The van der Waals surface area contributed by atoms with Crippen LogP contribution in [0, 0.1) is 11.3 Å². The number of aldehydes is 1. The number of para-hydroxylation sites is 2. The number of carbonyl (C=O) groups excluding carboxylic acids is 1. The molecule has 1 unspecified atom stereocenters. The van der Waals surface area contributed by atoms with Gasteiger partial charge in [-0.15, -0.1) is 0 Å². The summed E-state index contributed by atoms with van der Waals surface area (Å²) in [4.78, 5) is 14.1. The van der Waals surface area contributed by atoms with Gasteiger partial charge in [0.15, 0.2) is 0 Å². The van der Waals surface area contributed by atoms with E-state index in [1.54, 1.807) is 6.07 Å². The standard InChI is InChI=1S/C25H19N3O/c26-15-18-8-4-5-11-21(18)23-14-19(22-12-6-7-13-24(22)27)16-28(25(23)17-29)20-9-2-1-3-10-20/h1-14,16-17,25H,27H2. The monoisotopic (exact) mass is 377 g/mol. The number of anilines is 2. The second-order valence-electron chi connectivity index (χ2n) is 6.75. The molecule has 3 aromatic carbocycles. The smallest absolute Gasteiger partial charge is 0.147 e. The molecule has 4 heteroatoms. The summed E-state index contributed by atoms with van der Waals surface area (Å²) in [5.41, 5.74) is 11.6. The van der Waals surface area contributed by atoms with Crippen LogP contribution in [-0.4, -0.2) is 12.3 Å². The lowest BCUT2D eigenvalue weighted by Crippen LogP contribution is -2.35. The summed E-state index contributed by atoms with van der Waals surface area (Å²) in [6.45, 7) is 0. The molecule has 0 saturated heterocycles. The Morgan fingerprint density at radius 1 is 0.897 bits per heavy atom. The zero-order valence-electron chi connectivity index (χ0n) is 15.7. The van der Waals surface area contributed by atoms with Crippen molar-refractivity contribution in [2.24, 2.45) is 0 Å². The number of carbonyl (C=O) groups is 1. The highest BCUT2D eigenvalue weighted by Crippen LogP contribution is 2.37. The highest BCUT2D eigenvalue weighted by atomic mass is 16.1. The van der Waals surface area contributed by atoms with E-state index in [0.717, 1.165) is 34.2 Å². The van der Waals surface area contributed by atoms with Crippen LogP contribution in [0.2, 0.25) is 0 Å². The molecule has 1 aliphatic heterocycles. The van der Waals surface area contributed by atoms with Gasteiger partial charge >= 0.3 is 0 Å². The fourth-order valence-electron chi connectivity index (χ4n) is 3.62. The van der Waals surface area contributed by atoms with Crippen molar-refractivity contribution >= 4 is 28.8 Å². The topological polar surface area (TPSA) is 70.1 Å². The number of hydrogen-bond acceptors (Lipinski definition) is 4. The third-order valence-corrected chi connectivity index (χ3v) is 5.02. The summed E-state index contributed by atoms with van der Waals surface area (Å²) < 4.78 is 0. The van der Waals surface area contributed by atoms with Crippen molar-refractivity contribution in [2.45, 2.75) is 6.04 Å². The molecule has 29 heavy (non-hydrogen) atoms. The Bertz CT molecular complexity index is 1160. The maximum atomic E-state index is 12.2. The number of hydrogen-bond donors (Lipinski definition) is 1. The Morgan fingerprint density at radius 2 is 1.55 bits per heavy atom. The van der Waals surface area contributed by atoms with Crippen LogP contribution in [0.4, 0.5) is 11.4 Å². The maximum Gasteiger partial charge on any atom is 0.147 e. The van der Waals surface area contributed by atoms with E-state index in [4.69, 9.17) is 5.73 Å². The summed E-state index contributed by atoms with van der Waals surface area (Å²) in [6, 6.07) is 26.4. The highest BCUT2D eigenvalue weighted by Gasteiger charge is 2.28. The van der Waals surface area contributed by atoms with Gasteiger partial charge in [-0.05, 0) is 41.5 Å². The van der Waals surface area contributed by atoms with Crippen molar-refractivity contribution < 1.29 is 4.79 Å². The zero-order valence-corrected chi connectivity index (χ0v) is 15.7. The van der Waals surface area contributed by atoms with E-state index in [0.29, 0.717) is 11.3 Å². The van der Waals surface area contributed by atoms with Gasteiger partial charge in [-0.3, -0.25) is 0 Å². The molecule has 0 bridgehead atoms. The number of nitriles is 1. The molecule has 1 atom stereocenters. The minimum atomic E-state index is -0.555. The number of nitrogens with two attached hydrogens (primary N) is 1. The van der Waals surface area contributed by atoms with Crippen LogP contribution < -0.4 is 10.6 Å². The highest BCUT2D eigenvalue weighted by molar-refractivity contribution is 6.00. The Hall–Kier alpha value is -4.10. The molecule has 4 rings (SSSR count). The van der Waals surface area contributed by atoms with Gasteiger partial charge in [-0.1, -0.05) is 54.6 Å². The molecule has 0 aromatic heterocycles. The molecule has 0 saturated carbocycles. The van der Waals surface area contributed by atoms with Crippen LogP contribution >= 0.6 is 0 Å². The summed E-state index contributed by atoms with van der Waals surface area (Å²) >= 11 is 0. The number of allylic oxidation sites excluding steroid dienone is 2. The molecule has 2 N–H and O–H groups in total. The summed E-state index contributed by atoms with van der Waals surface area (Å²) in [7, 11) is 0. The lowest BCUT2D eigenvalue weighted by atomic mass is 9.88. The quantitative estimate of drug-likeness (QED) is 0.531. The second-order valence-corrected chi connectivity index (χ2v) is 6.75. The number of benzene rings is 3. The number of nitrogen functional groups attached to an aromatic ring is 1. The molecule has 0 radical (unpaired) electrons. The molecule has 4 nitrogen and oxygen atoms in total. The second kappa shape index (κ2) is 7.87. The normalized spacial score (nSPS) is 15.8. The summed E-state index contributed by atoms with van der Waals surface area (Å²) in [6.07, 6.45) is 4.81. The van der Waals surface area contributed by atoms with Crippen LogP contribution in [0.5, 0.6) is 0 Å². The predicted molar refractivity (Wildman–Crippen MR) is 117 cm³/mol. The minimum Gasteiger partial charge on any atom is -0.398 e. The van der Waals surface area contributed by atoms with Crippen molar-refractivity contribution in [3.8, 4) is 6.07 Å². The van der Waals surface area contributed by atoms with E-state index < -0.39 is 6.04 Å². The van der Waals surface area contributed by atoms with Gasteiger partial charge in [0, 0.05) is 28.7 Å². The molecule has 0 fully saturated rings. The maximum absolute atomic E-state index is 12.2. The lowest BCUT2D eigenvalue weighted by molar-refractivity contribution is -0.107. The van der Waals surface area contributed by atoms with Crippen molar-refractivity contribution in [1.29, 1.82) is 5.26 Å². The number of nitrogens with zero attached hydrogens (tertiary/aromatic N) is 2. The third-order valence-electron chi connectivity index (χ3n) is 5.02. The van der Waals surface area contributed by atoms with E-state index >= 15 is 0 Å². The fourth-order valence-corrected chi connectivity index (χ4v) is 3.62. The zero-order chi connectivity index (χ0) is 20.2. The largest absolute Gasteiger partial charge is 0.398 e. The van der Waals surface area contributed by atoms with E-state index in [9.17, 15) is 10.1 Å². The van der Waals surface area contributed by atoms with Crippen LogP contribution in [0.3, 0.4) is 0 Å². The predicted octanol–water partition coefficient (Wildman–Crippen LogP) is 4.65. The molecule has 0 amide bonds. The van der Waals surface area contributed by atoms with Crippen molar-refractivity contribution in [3.05, 3.63) is 108 Å². The fraction of sp³-hybridized carbons (Fsp3) is 0.0400. The molecular formula is C25H19N3O. The van der Waals surface area contributed by atoms with E-state index in [2.05, 4.69) is 6.07 Å². The van der Waals surface area contributed by atoms with E-state index in [1.165, 1.54) is 0 Å². The first-order chi connectivity index (χ1) is 14.2. The van der Waals surface area contributed by atoms with Gasteiger partial charge in [0.25, 0.3) is 0 Å². The minimum absolute atomic E-state index is 0.529. The van der Waals surface area contributed by atoms with Crippen LogP contribution in [0.25, 0.3) is 11.1 Å². The number of rotatable bonds is 4. The van der Waals surface area contributed by atoms with Crippen molar-refractivity contribution in [3.63, 3.8) is 0 Å². The van der Waals surface area contributed by atoms with Gasteiger partial charge in [-0.2, -0.15) is 5.26 Å². The first-order valence-electron chi connectivity index (χ1n) is 9.29. The SMILES string of the molecule is N#Cc1ccccc1C1=CC(c2ccccc2N)=CN(c2ccccc2)C1C=O. The average molecular weight is 377 g/mol. The van der Waals surface area contributed by atoms with Gasteiger partial charge in [0.05, 0.1) is 11.6 Å². The van der Waals surface area contributed by atoms with Gasteiger partial charge in [0.1, 0.15) is 12.3 Å². The first kappa shape index (κ1) is 18.3. The molecule has 0 spiro atoms. The van der Waals surface area contributed by atoms with Crippen molar-refractivity contribution in [1.82, 2.24) is 0 Å².